The molecule has 100 valence electrons. The maximum atomic E-state index is 13.3. The fraction of sp³-hybridized carbons (Fsp3) is 0.500. The minimum absolute atomic E-state index is 0.0363. The van der Waals surface area contributed by atoms with Gasteiger partial charge in [-0.15, -0.1) is 0 Å². The van der Waals surface area contributed by atoms with E-state index in [4.69, 9.17) is 0 Å². The van der Waals surface area contributed by atoms with Gasteiger partial charge in [-0.25, -0.2) is 17.5 Å². The smallest absolute Gasteiger partial charge is 0.208 e. The number of nitrogens with one attached hydrogen (secondary N) is 1. The fourth-order valence-electron chi connectivity index (χ4n) is 1.88. The van der Waals surface area contributed by atoms with Gasteiger partial charge in [0.1, 0.15) is 5.82 Å². The highest BCUT2D eigenvalue weighted by Gasteiger charge is 2.26. The maximum absolute atomic E-state index is 13.3. The summed E-state index contributed by atoms with van der Waals surface area (Å²) in [5.74, 6) is 0.0667. The van der Waals surface area contributed by atoms with Crippen molar-refractivity contribution in [2.45, 2.75) is 37.1 Å². The predicted molar refractivity (Wildman–Crippen MR) is 71.2 cm³/mol. The Bertz CT molecular complexity index is 543. The molecule has 0 heterocycles. The summed E-state index contributed by atoms with van der Waals surface area (Å²) in [5.41, 5.74) is 0. The van der Waals surface area contributed by atoms with Crippen LogP contribution < -0.4 is 4.72 Å². The number of hydrogen-bond donors (Lipinski definition) is 1. The van der Waals surface area contributed by atoms with Crippen LogP contribution in [0.4, 0.5) is 4.39 Å². The van der Waals surface area contributed by atoms with E-state index in [1.165, 1.54) is 25.0 Å². The van der Waals surface area contributed by atoms with Crippen molar-refractivity contribution in [3.8, 4) is 0 Å². The standard InChI is InChI=1S/C12H15BrFNO2S/c1-8(6-9-2-3-9)15-18(16,17)10-4-5-11(13)12(14)7-10/h4-5,7-9,15H,2-3,6H2,1H3. The molecule has 3 nitrogen and oxygen atoms in total. The van der Waals surface area contributed by atoms with Crippen LogP contribution in [0.1, 0.15) is 26.2 Å². The van der Waals surface area contributed by atoms with Gasteiger partial charge in [-0.05, 0) is 53.4 Å². The molecule has 0 amide bonds. The van der Waals surface area contributed by atoms with Crippen LogP contribution in [0.2, 0.25) is 0 Å². The van der Waals surface area contributed by atoms with Crippen molar-refractivity contribution >= 4 is 26.0 Å². The number of hydrogen-bond acceptors (Lipinski definition) is 2. The first kappa shape index (κ1) is 14.0. The van der Waals surface area contributed by atoms with Gasteiger partial charge < -0.3 is 0 Å². The van der Waals surface area contributed by atoms with Gasteiger partial charge in [-0.2, -0.15) is 0 Å². The Morgan fingerprint density at radius 3 is 2.72 bits per heavy atom. The van der Waals surface area contributed by atoms with Crippen molar-refractivity contribution in [3.05, 3.63) is 28.5 Å². The summed E-state index contributed by atoms with van der Waals surface area (Å²) in [5, 5.41) is 0. The molecular formula is C12H15BrFNO2S. The summed E-state index contributed by atoms with van der Waals surface area (Å²) in [6.45, 7) is 1.84. The van der Waals surface area contributed by atoms with Gasteiger partial charge in [0.25, 0.3) is 0 Å². The molecule has 1 N–H and O–H groups in total. The van der Waals surface area contributed by atoms with E-state index in [1.807, 2.05) is 6.92 Å². The molecule has 1 aliphatic rings. The predicted octanol–water partition coefficient (Wildman–Crippen LogP) is 3.06. The molecule has 0 radical (unpaired) electrons. The van der Waals surface area contributed by atoms with Gasteiger partial charge >= 0.3 is 0 Å². The lowest BCUT2D eigenvalue weighted by Gasteiger charge is -2.14. The average Bonchev–Trinajstić information content (AvgIpc) is 3.04. The monoisotopic (exact) mass is 335 g/mol. The van der Waals surface area contributed by atoms with Crippen LogP contribution >= 0.6 is 15.9 Å². The zero-order chi connectivity index (χ0) is 13.3. The van der Waals surface area contributed by atoms with Crippen LogP contribution in [0.3, 0.4) is 0 Å². The number of rotatable bonds is 5. The lowest BCUT2D eigenvalue weighted by molar-refractivity contribution is 0.528. The summed E-state index contributed by atoms with van der Waals surface area (Å²) in [7, 11) is -3.63. The number of sulfonamides is 1. The molecule has 1 unspecified atom stereocenters. The van der Waals surface area contributed by atoms with Gasteiger partial charge in [-0.1, -0.05) is 12.8 Å². The third-order valence-electron chi connectivity index (χ3n) is 2.94. The Kier molecular flexibility index (Phi) is 4.08. The zero-order valence-electron chi connectivity index (χ0n) is 9.99. The molecule has 0 spiro atoms. The van der Waals surface area contributed by atoms with Crippen LogP contribution in [0.25, 0.3) is 0 Å². The largest absolute Gasteiger partial charge is 0.240 e. The van der Waals surface area contributed by atoms with Gasteiger partial charge in [0.15, 0.2) is 0 Å². The molecule has 0 bridgehead atoms. The van der Waals surface area contributed by atoms with Crippen molar-refractivity contribution < 1.29 is 12.8 Å². The van der Waals surface area contributed by atoms with E-state index in [0.717, 1.165) is 12.5 Å². The SMILES string of the molecule is CC(CC1CC1)NS(=O)(=O)c1ccc(Br)c(F)c1. The lowest BCUT2D eigenvalue weighted by atomic mass is 10.2. The molecule has 0 saturated heterocycles. The summed E-state index contributed by atoms with van der Waals surface area (Å²) in [4.78, 5) is -0.0363. The van der Waals surface area contributed by atoms with Crippen molar-refractivity contribution in [3.63, 3.8) is 0 Å². The van der Waals surface area contributed by atoms with E-state index < -0.39 is 15.8 Å². The highest BCUT2D eigenvalue weighted by atomic mass is 79.9. The third kappa shape index (κ3) is 3.52. The quantitative estimate of drug-likeness (QED) is 0.898. The molecule has 1 fully saturated rings. The van der Waals surface area contributed by atoms with E-state index in [9.17, 15) is 12.8 Å². The molecule has 1 atom stereocenters. The van der Waals surface area contributed by atoms with Crippen LogP contribution in [0.15, 0.2) is 27.6 Å². The zero-order valence-corrected chi connectivity index (χ0v) is 12.4. The van der Waals surface area contributed by atoms with Gasteiger partial charge in [0.05, 0.1) is 9.37 Å². The third-order valence-corrected chi connectivity index (χ3v) is 5.17. The van der Waals surface area contributed by atoms with E-state index in [2.05, 4.69) is 20.7 Å². The fourth-order valence-corrected chi connectivity index (χ4v) is 3.39. The summed E-state index contributed by atoms with van der Waals surface area (Å²) in [6.07, 6.45) is 3.20. The van der Waals surface area contributed by atoms with E-state index >= 15 is 0 Å². The Morgan fingerprint density at radius 2 is 2.17 bits per heavy atom. The van der Waals surface area contributed by atoms with Crippen LogP contribution in [0, 0.1) is 11.7 Å². The van der Waals surface area contributed by atoms with Gasteiger partial charge in [0.2, 0.25) is 10.0 Å². The maximum Gasteiger partial charge on any atom is 0.240 e. The molecule has 1 aromatic rings. The minimum atomic E-state index is -3.63. The van der Waals surface area contributed by atoms with Crippen molar-refractivity contribution in [2.24, 2.45) is 5.92 Å². The second kappa shape index (κ2) is 5.27. The molecule has 1 saturated carbocycles. The minimum Gasteiger partial charge on any atom is -0.208 e. The Labute approximate surface area is 115 Å². The lowest BCUT2D eigenvalue weighted by Crippen LogP contribution is -2.33. The summed E-state index contributed by atoms with van der Waals surface area (Å²) in [6, 6.07) is 3.69. The van der Waals surface area contributed by atoms with E-state index in [1.54, 1.807) is 0 Å². The first-order valence-electron chi connectivity index (χ1n) is 5.86. The molecular weight excluding hydrogens is 321 g/mol. The Balaban J connectivity index is 2.11. The molecule has 1 aliphatic carbocycles. The van der Waals surface area contributed by atoms with Crippen LogP contribution in [-0.4, -0.2) is 14.5 Å². The van der Waals surface area contributed by atoms with Crippen molar-refractivity contribution in [1.82, 2.24) is 4.72 Å². The van der Waals surface area contributed by atoms with Crippen LogP contribution in [0.5, 0.6) is 0 Å². The molecule has 0 aromatic heterocycles. The summed E-state index contributed by atoms with van der Waals surface area (Å²) >= 11 is 3.00. The first-order valence-corrected chi connectivity index (χ1v) is 8.13. The molecule has 1 aromatic carbocycles. The molecule has 18 heavy (non-hydrogen) atoms. The highest BCUT2D eigenvalue weighted by molar-refractivity contribution is 9.10. The molecule has 6 heteroatoms. The second-order valence-corrected chi connectivity index (χ2v) is 7.35. The van der Waals surface area contributed by atoms with Crippen molar-refractivity contribution in [2.75, 3.05) is 0 Å². The Morgan fingerprint density at radius 1 is 1.50 bits per heavy atom. The topological polar surface area (TPSA) is 46.2 Å². The number of halogens is 2. The van der Waals surface area contributed by atoms with Crippen molar-refractivity contribution in [1.29, 1.82) is 0 Å². The average molecular weight is 336 g/mol. The normalized spacial score (nSPS) is 17.7. The van der Waals surface area contributed by atoms with E-state index in [0.29, 0.717) is 5.92 Å². The first-order chi connectivity index (χ1) is 8.38. The van der Waals surface area contributed by atoms with Gasteiger partial charge in [-0.3, -0.25) is 0 Å². The van der Waals surface area contributed by atoms with E-state index in [-0.39, 0.29) is 15.4 Å². The van der Waals surface area contributed by atoms with Gasteiger partial charge in [0, 0.05) is 6.04 Å². The highest BCUT2D eigenvalue weighted by Crippen LogP contribution is 2.33. The summed E-state index contributed by atoms with van der Waals surface area (Å²) < 4.78 is 40.2. The number of benzene rings is 1. The Hall–Kier alpha value is -0.460. The van der Waals surface area contributed by atoms with Crippen LogP contribution in [-0.2, 0) is 10.0 Å². The molecule has 2 rings (SSSR count). The molecule has 0 aliphatic heterocycles. The second-order valence-electron chi connectivity index (χ2n) is 4.78.